The Morgan fingerprint density at radius 1 is 1.28 bits per heavy atom. The lowest BCUT2D eigenvalue weighted by Gasteiger charge is -2.08. The van der Waals surface area contributed by atoms with Crippen molar-refractivity contribution < 1.29 is 4.79 Å². The molecule has 2 heterocycles. The summed E-state index contributed by atoms with van der Waals surface area (Å²) in [6.45, 7) is 5.57. The van der Waals surface area contributed by atoms with Gasteiger partial charge in [0, 0.05) is 36.8 Å². The number of nitrogens with zero attached hydrogens (tertiary/aromatic N) is 2. The standard InChI is InChI=1S/C20H23N3OS/c1-3-17-13-18(25-15(17)2)20(24)22-10-9-19-21-11-12-23(19)14-16-7-5-4-6-8-16/h4-8,11-13H,3,9-10,14H2,1-2H3,(H,22,24). The highest BCUT2D eigenvalue weighted by Gasteiger charge is 2.11. The highest BCUT2D eigenvalue weighted by atomic mass is 32.1. The summed E-state index contributed by atoms with van der Waals surface area (Å²) in [5.41, 5.74) is 2.50. The molecule has 1 N–H and O–H groups in total. The molecule has 3 aromatic rings. The van der Waals surface area contributed by atoms with Crippen LogP contribution in [0.1, 0.15) is 38.4 Å². The minimum atomic E-state index is 0.00830. The quantitative estimate of drug-likeness (QED) is 0.701. The number of hydrogen-bond acceptors (Lipinski definition) is 3. The van der Waals surface area contributed by atoms with Crippen LogP contribution in [0.3, 0.4) is 0 Å². The lowest BCUT2D eigenvalue weighted by Crippen LogP contribution is -2.25. The molecule has 3 rings (SSSR count). The van der Waals surface area contributed by atoms with Gasteiger partial charge in [0.15, 0.2) is 0 Å². The van der Waals surface area contributed by atoms with E-state index >= 15 is 0 Å². The van der Waals surface area contributed by atoms with Crippen LogP contribution in [-0.4, -0.2) is 22.0 Å². The predicted molar refractivity (Wildman–Crippen MR) is 102 cm³/mol. The summed E-state index contributed by atoms with van der Waals surface area (Å²) in [5.74, 6) is 0.995. The SMILES string of the molecule is CCc1cc(C(=O)NCCc2nccn2Cc2ccccc2)sc1C. The molecule has 4 nitrogen and oxygen atoms in total. The zero-order valence-corrected chi connectivity index (χ0v) is 15.5. The summed E-state index contributed by atoms with van der Waals surface area (Å²) in [4.78, 5) is 18.8. The Labute approximate surface area is 152 Å². The van der Waals surface area contributed by atoms with Crippen molar-refractivity contribution in [2.75, 3.05) is 6.54 Å². The normalized spacial score (nSPS) is 10.8. The third-order valence-electron chi connectivity index (χ3n) is 4.26. The van der Waals surface area contributed by atoms with E-state index in [0.717, 1.165) is 30.1 Å². The number of rotatable bonds is 7. The maximum atomic E-state index is 12.3. The van der Waals surface area contributed by atoms with Crippen LogP contribution < -0.4 is 5.32 Å². The van der Waals surface area contributed by atoms with E-state index < -0.39 is 0 Å². The second-order valence-corrected chi connectivity index (χ2v) is 7.26. The number of hydrogen-bond donors (Lipinski definition) is 1. The fourth-order valence-corrected chi connectivity index (χ4v) is 3.88. The van der Waals surface area contributed by atoms with Gasteiger partial charge in [0.25, 0.3) is 5.91 Å². The van der Waals surface area contributed by atoms with Crippen molar-refractivity contribution >= 4 is 17.2 Å². The first kappa shape index (κ1) is 17.4. The van der Waals surface area contributed by atoms with Crippen LogP contribution in [0.15, 0.2) is 48.8 Å². The largest absolute Gasteiger partial charge is 0.351 e. The fraction of sp³-hybridized carbons (Fsp3) is 0.300. The zero-order chi connectivity index (χ0) is 17.6. The van der Waals surface area contributed by atoms with Gasteiger partial charge in [0.05, 0.1) is 4.88 Å². The molecule has 0 aliphatic carbocycles. The van der Waals surface area contributed by atoms with Crippen LogP contribution >= 0.6 is 11.3 Å². The van der Waals surface area contributed by atoms with E-state index in [1.807, 2.05) is 36.7 Å². The van der Waals surface area contributed by atoms with E-state index in [1.54, 1.807) is 11.3 Å². The van der Waals surface area contributed by atoms with Crippen LogP contribution in [0.4, 0.5) is 0 Å². The third kappa shape index (κ3) is 4.37. The first-order chi connectivity index (χ1) is 12.2. The average Bonchev–Trinajstić information content (AvgIpc) is 3.22. The lowest BCUT2D eigenvalue weighted by molar-refractivity contribution is 0.0958. The van der Waals surface area contributed by atoms with Crippen molar-refractivity contribution in [3.05, 3.63) is 75.5 Å². The van der Waals surface area contributed by atoms with Crippen molar-refractivity contribution in [1.29, 1.82) is 0 Å². The monoisotopic (exact) mass is 353 g/mol. The minimum absolute atomic E-state index is 0.00830. The van der Waals surface area contributed by atoms with Crippen LogP contribution in [0, 0.1) is 6.92 Å². The van der Waals surface area contributed by atoms with E-state index in [4.69, 9.17) is 0 Å². The predicted octanol–water partition coefficient (Wildman–Crippen LogP) is 3.84. The topological polar surface area (TPSA) is 46.9 Å². The molecule has 130 valence electrons. The molecule has 2 aromatic heterocycles. The van der Waals surface area contributed by atoms with Gasteiger partial charge in [-0.1, -0.05) is 37.3 Å². The van der Waals surface area contributed by atoms with Crippen molar-refractivity contribution in [1.82, 2.24) is 14.9 Å². The van der Waals surface area contributed by atoms with Crippen LogP contribution in [0.25, 0.3) is 0 Å². The van der Waals surface area contributed by atoms with Crippen molar-refractivity contribution in [3.8, 4) is 0 Å². The number of aromatic nitrogens is 2. The number of thiophene rings is 1. The third-order valence-corrected chi connectivity index (χ3v) is 5.35. The molecule has 0 saturated carbocycles. The number of imidazole rings is 1. The van der Waals surface area contributed by atoms with Gasteiger partial charge in [0.1, 0.15) is 5.82 Å². The van der Waals surface area contributed by atoms with E-state index in [0.29, 0.717) is 6.54 Å². The smallest absolute Gasteiger partial charge is 0.261 e. The summed E-state index contributed by atoms with van der Waals surface area (Å²) < 4.78 is 2.13. The Hall–Kier alpha value is -2.40. The average molecular weight is 353 g/mol. The molecular formula is C20H23N3OS. The molecule has 5 heteroatoms. The van der Waals surface area contributed by atoms with Gasteiger partial charge in [-0.05, 0) is 30.5 Å². The number of amides is 1. The van der Waals surface area contributed by atoms with Crippen LogP contribution in [-0.2, 0) is 19.4 Å². The number of carbonyl (C=O) groups is 1. The van der Waals surface area contributed by atoms with Gasteiger partial charge in [-0.15, -0.1) is 11.3 Å². The minimum Gasteiger partial charge on any atom is -0.351 e. The van der Waals surface area contributed by atoms with Gasteiger partial charge in [-0.25, -0.2) is 4.98 Å². The first-order valence-corrected chi connectivity index (χ1v) is 9.40. The molecule has 0 atom stereocenters. The number of benzene rings is 1. The van der Waals surface area contributed by atoms with Crippen LogP contribution in [0.5, 0.6) is 0 Å². The molecular weight excluding hydrogens is 330 g/mol. The molecule has 0 bridgehead atoms. The highest BCUT2D eigenvalue weighted by molar-refractivity contribution is 7.14. The second-order valence-electron chi connectivity index (χ2n) is 6.01. The molecule has 0 aliphatic rings. The molecule has 0 fully saturated rings. The molecule has 0 spiro atoms. The Balaban J connectivity index is 1.55. The number of aryl methyl sites for hydroxylation is 2. The Morgan fingerprint density at radius 3 is 2.80 bits per heavy atom. The lowest BCUT2D eigenvalue weighted by atomic mass is 10.2. The van der Waals surface area contributed by atoms with E-state index in [-0.39, 0.29) is 5.91 Å². The van der Waals surface area contributed by atoms with Crippen molar-refractivity contribution in [2.24, 2.45) is 0 Å². The van der Waals surface area contributed by atoms with Gasteiger partial charge >= 0.3 is 0 Å². The zero-order valence-electron chi connectivity index (χ0n) is 14.7. The molecule has 1 aromatic carbocycles. The summed E-state index contributed by atoms with van der Waals surface area (Å²) in [6, 6.07) is 12.3. The Morgan fingerprint density at radius 2 is 2.08 bits per heavy atom. The number of nitrogens with one attached hydrogen (secondary N) is 1. The van der Waals surface area contributed by atoms with Gasteiger partial charge < -0.3 is 9.88 Å². The fourth-order valence-electron chi connectivity index (χ4n) is 2.85. The van der Waals surface area contributed by atoms with Crippen molar-refractivity contribution in [3.63, 3.8) is 0 Å². The van der Waals surface area contributed by atoms with E-state index in [2.05, 4.69) is 40.8 Å². The Bertz CT molecular complexity index is 836. The maximum absolute atomic E-state index is 12.3. The van der Waals surface area contributed by atoms with Gasteiger partial charge in [-0.3, -0.25) is 4.79 Å². The number of carbonyl (C=O) groups excluding carboxylic acids is 1. The molecule has 25 heavy (non-hydrogen) atoms. The first-order valence-electron chi connectivity index (χ1n) is 8.58. The van der Waals surface area contributed by atoms with E-state index in [1.165, 1.54) is 16.0 Å². The Kier molecular flexibility index (Phi) is 5.66. The van der Waals surface area contributed by atoms with Crippen molar-refractivity contribution in [2.45, 2.75) is 33.2 Å². The summed E-state index contributed by atoms with van der Waals surface area (Å²) in [5, 5.41) is 3.01. The summed E-state index contributed by atoms with van der Waals surface area (Å²) in [7, 11) is 0. The second kappa shape index (κ2) is 8.12. The summed E-state index contributed by atoms with van der Waals surface area (Å²) in [6.07, 6.45) is 5.49. The highest BCUT2D eigenvalue weighted by Crippen LogP contribution is 2.21. The molecule has 0 saturated heterocycles. The van der Waals surface area contributed by atoms with Crippen LogP contribution in [0.2, 0.25) is 0 Å². The molecule has 0 unspecified atom stereocenters. The molecule has 0 aliphatic heterocycles. The van der Waals surface area contributed by atoms with Gasteiger partial charge in [0.2, 0.25) is 0 Å². The maximum Gasteiger partial charge on any atom is 0.261 e. The molecule has 0 radical (unpaired) electrons. The summed E-state index contributed by atoms with van der Waals surface area (Å²) >= 11 is 1.57. The molecule has 1 amide bonds. The van der Waals surface area contributed by atoms with E-state index in [9.17, 15) is 4.79 Å². The van der Waals surface area contributed by atoms with Gasteiger partial charge in [-0.2, -0.15) is 0 Å².